The van der Waals surface area contributed by atoms with E-state index in [1.165, 1.54) is 19.3 Å². The van der Waals surface area contributed by atoms with Gasteiger partial charge in [0.2, 0.25) is 0 Å². The molecular formula is C19H33IN4O2. The molecule has 1 aromatic heterocycles. The van der Waals surface area contributed by atoms with Gasteiger partial charge >= 0.3 is 0 Å². The van der Waals surface area contributed by atoms with E-state index in [0.29, 0.717) is 6.54 Å². The van der Waals surface area contributed by atoms with Crippen LogP contribution in [-0.2, 0) is 0 Å². The van der Waals surface area contributed by atoms with Crippen LogP contribution in [-0.4, -0.2) is 54.3 Å². The summed E-state index contributed by atoms with van der Waals surface area (Å²) < 4.78 is 5.70. The topological polar surface area (TPSA) is 73.0 Å². The van der Waals surface area contributed by atoms with Gasteiger partial charge in [-0.1, -0.05) is 6.42 Å². The van der Waals surface area contributed by atoms with Crippen LogP contribution in [0.3, 0.4) is 0 Å². The molecule has 26 heavy (non-hydrogen) atoms. The molecule has 0 amide bonds. The highest BCUT2D eigenvalue weighted by atomic mass is 127. The Bertz CT molecular complexity index is 540. The standard InChI is InChI=1S/C19H32N4O2.HI/c1-2-20-18(22-15-19(24)9-7-10-19)21-14-16(17-8-6-13-25-17)23-11-4-3-5-12-23;/h6,8,13,16,24H,2-5,7,9-12,14-15H2,1H3,(H2,20,21,22);1H. The molecule has 2 aliphatic rings. The Labute approximate surface area is 173 Å². The van der Waals surface area contributed by atoms with Crippen molar-refractivity contribution in [1.29, 1.82) is 0 Å². The number of nitrogens with zero attached hydrogens (tertiary/aromatic N) is 2. The summed E-state index contributed by atoms with van der Waals surface area (Å²) in [4.78, 5) is 7.10. The molecule has 6 nitrogen and oxygen atoms in total. The number of aliphatic imine (C=N–C) groups is 1. The van der Waals surface area contributed by atoms with E-state index in [4.69, 9.17) is 4.42 Å². The summed E-state index contributed by atoms with van der Waals surface area (Å²) >= 11 is 0. The van der Waals surface area contributed by atoms with E-state index in [9.17, 15) is 5.11 Å². The molecule has 0 radical (unpaired) electrons. The van der Waals surface area contributed by atoms with Crippen molar-refractivity contribution in [2.75, 3.05) is 32.7 Å². The highest BCUT2D eigenvalue weighted by Crippen LogP contribution is 2.31. The predicted octanol–water partition coefficient (Wildman–Crippen LogP) is 2.89. The Kier molecular flexibility index (Phi) is 8.69. The molecular weight excluding hydrogens is 443 g/mol. The van der Waals surface area contributed by atoms with E-state index in [0.717, 1.165) is 57.2 Å². The zero-order chi connectivity index (χ0) is 17.5. The fourth-order valence-corrected chi connectivity index (χ4v) is 3.62. The second-order valence-corrected chi connectivity index (χ2v) is 7.28. The van der Waals surface area contributed by atoms with Crippen molar-refractivity contribution >= 4 is 29.9 Å². The first-order chi connectivity index (χ1) is 12.2. The normalized spacial score (nSPS) is 21.4. The molecule has 2 fully saturated rings. The summed E-state index contributed by atoms with van der Waals surface area (Å²) in [5.41, 5.74) is -0.588. The number of rotatable bonds is 7. The van der Waals surface area contributed by atoms with E-state index in [1.54, 1.807) is 6.26 Å². The summed E-state index contributed by atoms with van der Waals surface area (Å²) in [6.07, 6.45) is 8.38. The molecule has 0 bridgehead atoms. The Balaban J connectivity index is 0.00000243. The molecule has 1 aliphatic carbocycles. The second kappa shape index (κ2) is 10.5. The lowest BCUT2D eigenvalue weighted by molar-refractivity contribution is -0.0236. The molecule has 1 unspecified atom stereocenters. The Hall–Kier alpha value is -0.800. The van der Waals surface area contributed by atoms with E-state index >= 15 is 0 Å². The van der Waals surface area contributed by atoms with Gasteiger partial charge in [0.1, 0.15) is 5.76 Å². The quantitative estimate of drug-likeness (QED) is 0.321. The molecule has 7 heteroatoms. The van der Waals surface area contributed by atoms with Crippen LogP contribution in [0.25, 0.3) is 0 Å². The van der Waals surface area contributed by atoms with Crippen molar-refractivity contribution in [2.45, 2.75) is 57.1 Å². The number of nitrogens with one attached hydrogen (secondary N) is 2. The lowest BCUT2D eigenvalue weighted by Crippen LogP contribution is -2.46. The highest BCUT2D eigenvalue weighted by molar-refractivity contribution is 14.0. The van der Waals surface area contributed by atoms with Crippen LogP contribution in [0, 0.1) is 0 Å². The predicted molar refractivity (Wildman–Crippen MR) is 115 cm³/mol. The number of hydrogen-bond acceptors (Lipinski definition) is 4. The van der Waals surface area contributed by atoms with E-state index in [-0.39, 0.29) is 30.0 Å². The summed E-state index contributed by atoms with van der Waals surface area (Å²) in [6.45, 7) is 6.31. The maximum Gasteiger partial charge on any atom is 0.191 e. The second-order valence-electron chi connectivity index (χ2n) is 7.28. The van der Waals surface area contributed by atoms with Gasteiger partial charge in [0.25, 0.3) is 0 Å². The molecule has 3 N–H and O–H groups in total. The molecule has 0 spiro atoms. The van der Waals surface area contributed by atoms with Gasteiger partial charge in [-0.15, -0.1) is 24.0 Å². The van der Waals surface area contributed by atoms with Gasteiger partial charge in [0.05, 0.1) is 24.5 Å². The maximum atomic E-state index is 10.3. The number of guanidine groups is 1. The van der Waals surface area contributed by atoms with Gasteiger partial charge in [0.15, 0.2) is 5.96 Å². The minimum absolute atomic E-state index is 0. The smallest absolute Gasteiger partial charge is 0.191 e. The van der Waals surface area contributed by atoms with Crippen LogP contribution in [0.15, 0.2) is 27.8 Å². The van der Waals surface area contributed by atoms with E-state index in [2.05, 4.69) is 33.5 Å². The molecule has 3 rings (SSSR count). The number of halogens is 1. The molecule has 148 valence electrons. The van der Waals surface area contributed by atoms with Crippen LogP contribution < -0.4 is 10.6 Å². The number of likely N-dealkylation sites (tertiary alicyclic amines) is 1. The summed E-state index contributed by atoms with van der Waals surface area (Å²) in [6, 6.07) is 4.23. The third-order valence-electron chi connectivity index (χ3n) is 5.33. The first-order valence-electron chi connectivity index (χ1n) is 9.72. The minimum Gasteiger partial charge on any atom is -0.468 e. The SMILES string of the molecule is CCNC(=NCC1(O)CCC1)NCC(c1ccco1)N1CCCCC1.I. The van der Waals surface area contributed by atoms with Gasteiger partial charge in [-0.2, -0.15) is 0 Å². The minimum atomic E-state index is -0.588. The highest BCUT2D eigenvalue weighted by Gasteiger charge is 2.34. The lowest BCUT2D eigenvalue weighted by Gasteiger charge is -2.35. The van der Waals surface area contributed by atoms with Gasteiger partial charge in [0, 0.05) is 13.1 Å². The molecule has 1 atom stereocenters. The Morgan fingerprint density at radius 2 is 2.04 bits per heavy atom. The molecule has 1 aliphatic heterocycles. The van der Waals surface area contributed by atoms with Gasteiger partial charge < -0.3 is 20.2 Å². The number of furan rings is 1. The zero-order valence-electron chi connectivity index (χ0n) is 15.7. The number of hydrogen-bond donors (Lipinski definition) is 3. The Morgan fingerprint density at radius 3 is 2.62 bits per heavy atom. The van der Waals surface area contributed by atoms with Crippen LogP contribution in [0.4, 0.5) is 0 Å². The maximum absolute atomic E-state index is 10.3. The average Bonchev–Trinajstić information content (AvgIpc) is 3.13. The first-order valence-corrected chi connectivity index (χ1v) is 9.72. The largest absolute Gasteiger partial charge is 0.468 e. The lowest BCUT2D eigenvalue weighted by atomic mass is 9.80. The van der Waals surface area contributed by atoms with E-state index in [1.807, 2.05) is 6.07 Å². The molecule has 1 saturated heterocycles. The monoisotopic (exact) mass is 476 g/mol. The third-order valence-corrected chi connectivity index (χ3v) is 5.33. The summed E-state index contributed by atoms with van der Waals surface area (Å²) in [5.74, 6) is 1.78. The van der Waals surface area contributed by atoms with Crippen LogP contribution in [0.2, 0.25) is 0 Å². The third kappa shape index (κ3) is 5.85. The van der Waals surface area contributed by atoms with Crippen molar-refractivity contribution in [2.24, 2.45) is 4.99 Å². The fourth-order valence-electron chi connectivity index (χ4n) is 3.62. The van der Waals surface area contributed by atoms with Crippen molar-refractivity contribution in [3.63, 3.8) is 0 Å². The molecule has 2 heterocycles. The molecule has 1 aromatic rings. The molecule has 0 aromatic carbocycles. The van der Waals surface area contributed by atoms with Gasteiger partial charge in [-0.05, 0) is 64.3 Å². The van der Waals surface area contributed by atoms with Crippen molar-refractivity contribution in [3.05, 3.63) is 24.2 Å². The number of aliphatic hydroxyl groups is 1. The summed E-state index contributed by atoms with van der Waals surface area (Å²) in [7, 11) is 0. The van der Waals surface area contributed by atoms with Gasteiger partial charge in [-0.25, -0.2) is 0 Å². The summed E-state index contributed by atoms with van der Waals surface area (Å²) in [5, 5.41) is 17.0. The van der Waals surface area contributed by atoms with Crippen LogP contribution >= 0.6 is 24.0 Å². The first kappa shape index (κ1) is 21.5. The average molecular weight is 476 g/mol. The Morgan fingerprint density at radius 1 is 1.27 bits per heavy atom. The van der Waals surface area contributed by atoms with E-state index < -0.39 is 5.60 Å². The van der Waals surface area contributed by atoms with Crippen molar-refractivity contribution in [3.8, 4) is 0 Å². The van der Waals surface area contributed by atoms with Crippen molar-refractivity contribution < 1.29 is 9.52 Å². The zero-order valence-corrected chi connectivity index (χ0v) is 18.1. The van der Waals surface area contributed by atoms with Crippen molar-refractivity contribution in [1.82, 2.24) is 15.5 Å². The van der Waals surface area contributed by atoms with Gasteiger partial charge in [-0.3, -0.25) is 9.89 Å². The van der Waals surface area contributed by atoms with Crippen LogP contribution in [0.5, 0.6) is 0 Å². The molecule has 1 saturated carbocycles. The number of piperidine rings is 1. The fraction of sp³-hybridized carbons (Fsp3) is 0.737. The van der Waals surface area contributed by atoms with Crippen LogP contribution in [0.1, 0.15) is 57.3 Å².